The van der Waals surface area contributed by atoms with Crippen LogP contribution in [0.2, 0.25) is 0 Å². The molecule has 0 aliphatic heterocycles. The van der Waals surface area contributed by atoms with Gasteiger partial charge in [-0.3, -0.25) is 20.2 Å². The molecule has 0 atom stereocenters. The first-order valence-corrected chi connectivity index (χ1v) is 9.01. The van der Waals surface area contributed by atoms with Gasteiger partial charge in [-0.05, 0) is 37.3 Å². The highest BCUT2D eigenvalue weighted by molar-refractivity contribution is 6.11. The summed E-state index contributed by atoms with van der Waals surface area (Å²) in [5, 5.41) is 10.0. The van der Waals surface area contributed by atoms with E-state index in [4.69, 9.17) is 9.47 Å². The first-order valence-electron chi connectivity index (χ1n) is 9.01. The third-order valence-corrected chi connectivity index (χ3v) is 4.52. The van der Waals surface area contributed by atoms with E-state index >= 15 is 0 Å². The number of fused-ring (bicyclic) bond motifs is 1. The van der Waals surface area contributed by atoms with Gasteiger partial charge < -0.3 is 9.47 Å². The number of methoxy groups -OCH3 is 2. The molecule has 0 aliphatic rings. The Hall–Kier alpha value is -4.01. The molecule has 0 unspecified atom stereocenters. The normalized spacial score (nSPS) is 10.8. The predicted octanol–water partition coefficient (Wildman–Crippen LogP) is 3.74. The highest BCUT2D eigenvalue weighted by Crippen LogP contribution is 2.31. The lowest BCUT2D eigenvalue weighted by molar-refractivity contribution is 0.102. The van der Waals surface area contributed by atoms with Crippen molar-refractivity contribution >= 4 is 22.8 Å². The van der Waals surface area contributed by atoms with Crippen molar-refractivity contribution in [1.29, 1.82) is 0 Å². The van der Waals surface area contributed by atoms with E-state index in [1.165, 1.54) is 25.3 Å². The average Bonchev–Trinajstić information content (AvgIpc) is 3.20. The highest BCUT2D eigenvalue weighted by atomic mass is 19.1. The summed E-state index contributed by atoms with van der Waals surface area (Å²) in [4.78, 5) is 21.5. The van der Waals surface area contributed by atoms with Crippen LogP contribution < -0.4 is 14.8 Å². The van der Waals surface area contributed by atoms with Gasteiger partial charge in [0, 0.05) is 23.2 Å². The lowest BCUT2D eigenvalue weighted by atomic mass is 10.1. The van der Waals surface area contributed by atoms with Gasteiger partial charge in [-0.2, -0.15) is 4.98 Å². The molecule has 2 heterocycles. The number of hydrogen-bond donors (Lipinski definition) is 2. The van der Waals surface area contributed by atoms with Crippen LogP contribution in [0.15, 0.2) is 42.5 Å². The number of pyridine rings is 1. The Balaban J connectivity index is 1.64. The van der Waals surface area contributed by atoms with Crippen molar-refractivity contribution in [3.8, 4) is 22.9 Å². The molecule has 4 aromatic rings. The number of aromatic nitrogens is 4. The Labute approximate surface area is 171 Å². The molecule has 152 valence electrons. The summed E-state index contributed by atoms with van der Waals surface area (Å²) in [6.07, 6.45) is 0. The van der Waals surface area contributed by atoms with Crippen molar-refractivity contribution in [3.63, 3.8) is 0 Å². The topological polar surface area (TPSA) is 102 Å². The number of aromatic amines is 1. The van der Waals surface area contributed by atoms with Gasteiger partial charge in [-0.25, -0.2) is 4.39 Å². The molecule has 0 saturated heterocycles. The second-order valence-corrected chi connectivity index (χ2v) is 6.50. The van der Waals surface area contributed by atoms with Crippen LogP contribution in [0.4, 0.5) is 10.3 Å². The number of benzene rings is 2. The summed E-state index contributed by atoms with van der Waals surface area (Å²) >= 11 is 0. The summed E-state index contributed by atoms with van der Waals surface area (Å²) in [6, 6.07) is 11.0. The molecule has 1 amide bonds. The van der Waals surface area contributed by atoms with E-state index in [0.717, 1.165) is 0 Å². The van der Waals surface area contributed by atoms with E-state index in [1.807, 2.05) is 0 Å². The van der Waals surface area contributed by atoms with Gasteiger partial charge in [-0.1, -0.05) is 0 Å². The quantitative estimate of drug-likeness (QED) is 0.523. The third kappa shape index (κ3) is 3.64. The standard InChI is InChI=1S/C21H18FN5O3/c1-11-8-16(14-6-4-12(22)9-17(14)23-11)20(28)25-21-24-19(26-27-21)15-7-5-13(29-2)10-18(15)30-3/h4-10H,1-3H3,(H2,24,25,26,27,28). The van der Waals surface area contributed by atoms with Gasteiger partial charge in [0.25, 0.3) is 5.91 Å². The van der Waals surface area contributed by atoms with Crippen LogP contribution in [0, 0.1) is 12.7 Å². The van der Waals surface area contributed by atoms with E-state index in [2.05, 4.69) is 25.5 Å². The summed E-state index contributed by atoms with van der Waals surface area (Å²) in [5.41, 5.74) is 2.01. The minimum absolute atomic E-state index is 0.0950. The summed E-state index contributed by atoms with van der Waals surface area (Å²) < 4.78 is 24.1. The molecule has 2 aromatic heterocycles. The number of H-pyrrole nitrogens is 1. The number of hydrogen-bond acceptors (Lipinski definition) is 6. The van der Waals surface area contributed by atoms with Crippen LogP contribution in [0.3, 0.4) is 0 Å². The maximum atomic E-state index is 13.5. The fourth-order valence-corrected chi connectivity index (χ4v) is 3.12. The fraction of sp³-hybridized carbons (Fsp3) is 0.143. The minimum atomic E-state index is -0.427. The molecule has 0 saturated carbocycles. The first kappa shape index (κ1) is 19.3. The number of anilines is 1. The van der Waals surface area contributed by atoms with Crippen LogP contribution in [-0.4, -0.2) is 40.3 Å². The van der Waals surface area contributed by atoms with E-state index in [0.29, 0.717) is 45.0 Å². The summed E-state index contributed by atoms with van der Waals surface area (Å²) in [6.45, 7) is 1.74. The number of carbonyl (C=O) groups excluding carboxylic acids is 1. The number of nitrogens with one attached hydrogen (secondary N) is 2. The number of rotatable bonds is 5. The van der Waals surface area contributed by atoms with Gasteiger partial charge in [0.1, 0.15) is 17.3 Å². The van der Waals surface area contributed by atoms with Crippen LogP contribution in [0.5, 0.6) is 11.5 Å². The lowest BCUT2D eigenvalue weighted by Gasteiger charge is -2.08. The van der Waals surface area contributed by atoms with Crippen molar-refractivity contribution < 1.29 is 18.7 Å². The zero-order valence-corrected chi connectivity index (χ0v) is 16.5. The molecule has 4 rings (SSSR count). The third-order valence-electron chi connectivity index (χ3n) is 4.52. The fourth-order valence-electron chi connectivity index (χ4n) is 3.12. The Kier molecular flexibility index (Phi) is 5.01. The van der Waals surface area contributed by atoms with Crippen LogP contribution in [0.25, 0.3) is 22.3 Å². The van der Waals surface area contributed by atoms with E-state index in [-0.39, 0.29) is 5.95 Å². The maximum Gasteiger partial charge on any atom is 0.258 e. The molecule has 0 bridgehead atoms. The van der Waals surface area contributed by atoms with Crippen molar-refractivity contribution in [3.05, 3.63) is 59.5 Å². The highest BCUT2D eigenvalue weighted by Gasteiger charge is 2.17. The molecular weight excluding hydrogens is 389 g/mol. The Morgan fingerprint density at radius 2 is 1.90 bits per heavy atom. The van der Waals surface area contributed by atoms with Crippen molar-refractivity contribution in [2.24, 2.45) is 0 Å². The predicted molar refractivity (Wildman–Crippen MR) is 109 cm³/mol. The molecule has 0 fully saturated rings. The second-order valence-electron chi connectivity index (χ2n) is 6.50. The van der Waals surface area contributed by atoms with Crippen molar-refractivity contribution in [2.45, 2.75) is 6.92 Å². The maximum absolute atomic E-state index is 13.5. The van der Waals surface area contributed by atoms with Crippen molar-refractivity contribution in [1.82, 2.24) is 20.2 Å². The second kappa shape index (κ2) is 7.78. The zero-order chi connectivity index (χ0) is 21.3. The smallest absolute Gasteiger partial charge is 0.258 e. The molecule has 30 heavy (non-hydrogen) atoms. The number of ether oxygens (including phenoxy) is 2. The lowest BCUT2D eigenvalue weighted by Crippen LogP contribution is -2.14. The summed E-state index contributed by atoms with van der Waals surface area (Å²) in [5.74, 6) is 0.852. The molecule has 2 aromatic carbocycles. The number of amides is 1. The van der Waals surface area contributed by atoms with Crippen LogP contribution in [0.1, 0.15) is 16.1 Å². The van der Waals surface area contributed by atoms with Crippen LogP contribution >= 0.6 is 0 Å². The van der Waals surface area contributed by atoms with E-state index in [1.54, 1.807) is 38.3 Å². The number of nitrogens with zero attached hydrogens (tertiary/aromatic N) is 3. The molecule has 0 radical (unpaired) electrons. The molecule has 8 nitrogen and oxygen atoms in total. The Morgan fingerprint density at radius 3 is 2.67 bits per heavy atom. The average molecular weight is 407 g/mol. The number of carbonyl (C=O) groups is 1. The van der Waals surface area contributed by atoms with Crippen LogP contribution in [-0.2, 0) is 0 Å². The molecule has 9 heteroatoms. The number of aryl methyl sites for hydroxylation is 1. The largest absolute Gasteiger partial charge is 0.497 e. The molecular formula is C21H18FN5O3. The van der Waals surface area contributed by atoms with E-state index < -0.39 is 11.7 Å². The summed E-state index contributed by atoms with van der Waals surface area (Å²) in [7, 11) is 3.10. The molecule has 2 N–H and O–H groups in total. The van der Waals surface area contributed by atoms with Gasteiger partial charge in [0.15, 0.2) is 5.82 Å². The first-order chi connectivity index (χ1) is 14.5. The van der Waals surface area contributed by atoms with E-state index in [9.17, 15) is 9.18 Å². The zero-order valence-electron chi connectivity index (χ0n) is 16.5. The Bertz CT molecular complexity index is 1250. The minimum Gasteiger partial charge on any atom is -0.497 e. The van der Waals surface area contributed by atoms with Gasteiger partial charge in [0.2, 0.25) is 5.95 Å². The van der Waals surface area contributed by atoms with Crippen molar-refractivity contribution in [2.75, 3.05) is 19.5 Å². The molecule has 0 aliphatic carbocycles. The molecule has 0 spiro atoms. The monoisotopic (exact) mass is 407 g/mol. The van der Waals surface area contributed by atoms with Gasteiger partial charge >= 0.3 is 0 Å². The van der Waals surface area contributed by atoms with Gasteiger partial charge in [-0.15, -0.1) is 5.10 Å². The SMILES string of the molecule is COc1ccc(-c2nc(NC(=O)c3cc(C)nc4cc(F)ccc34)n[nH]2)c(OC)c1. The number of halogens is 1. The van der Waals surface area contributed by atoms with Gasteiger partial charge in [0.05, 0.1) is 30.9 Å². The Morgan fingerprint density at radius 1 is 1.07 bits per heavy atom.